The summed E-state index contributed by atoms with van der Waals surface area (Å²) in [5, 5.41) is 20.8. The molecule has 1 amide bonds. The number of aromatic nitrogens is 5. The van der Waals surface area contributed by atoms with Crippen molar-refractivity contribution in [3.63, 3.8) is 0 Å². The van der Waals surface area contributed by atoms with E-state index in [4.69, 9.17) is 4.74 Å². The topological polar surface area (TPSA) is 124 Å². The van der Waals surface area contributed by atoms with Gasteiger partial charge in [-0.15, -0.1) is 10.2 Å². The summed E-state index contributed by atoms with van der Waals surface area (Å²) in [5.74, 6) is -1.05. The van der Waals surface area contributed by atoms with Crippen LogP contribution in [0.4, 0.5) is 4.39 Å². The smallest absolute Gasteiger partial charge is 0.296 e. The van der Waals surface area contributed by atoms with Gasteiger partial charge < -0.3 is 19.7 Å². The molecule has 1 aliphatic rings. The summed E-state index contributed by atoms with van der Waals surface area (Å²) < 4.78 is 22.1. The molecular formula is C21H23FN6O4. The van der Waals surface area contributed by atoms with Gasteiger partial charge in [0, 0.05) is 45.3 Å². The largest absolute Gasteiger partial charge is 0.501 e. The lowest BCUT2D eigenvalue weighted by Gasteiger charge is -2.23. The number of rotatable bonds is 5. The molecule has 10 nitrogen and oxygen atoms in total. The van der Waals surface area contributed by atoms with Gasteiger partial charge in [0.2, 0.25) is 5.75 Å². The Morgan fingerprint density at radius 1 is 1.31 bits per heavy atom. The van der Waals surface area contributed by atoms with E-state index in [9.17, 15) is 19.1 Å². The Kier molecular flexibility index (Phi) is 5.99. The Morgan fingerprint density at radius 2 is 2.06 bits per heavy atom. The predicted molar refractivity (Wildman–Crippen MR) is 112 cm³/mol. The molecule has 4 rings (SSSR count). The highest BCUT2D eigenvalue weighted by Crippen LogP contribution is 2.26. The third-order valence-corrected chi connectivity index (χ3v) is 5.57. The number of aryl methyl sites for hydroxylation is 1. The van der Waals surface area contributed by atoms with Crippen molar-refractivity contribution in [2.45, 2.75) is 25.3 Å². The van der Waals surface area contributed by atoms with Crippen LogP contribution in [0, 0.1) is 5.82 Å². The minimum Gasteiger partial charge on any atom is -0.501 e. The number of carbonyl (C=O) groups excluding carboxylic acids is 1. The third-order valence-electron chi connectivity index (χ3n) is 5.57. The number of benzene rings is 1. The molecule has 0 atom stereocenters. The average molecular weight is 442 g/mol. The zero-order valence-corrected chi connectivity index (χ0v) is 17.7. The molecule has 1 aromatic carbocycles. The van der Waals surface area contributed by atoms with Gasteiger partial charge >= 0.3 is 0 Å². The molecule has 168 valence electrons. The fourth-order valence-corrected chi connectivity index (χ4v) is 3.78. The molecule has 0 bridgehead atoms. The van der Waals surface area contributed by atoms with Crippen LogP contribution in [-0.2, 0) is 25.4 Å². The number of hydrogen-bond donors (Lipinski definition) is 2. The predicted octanol–water partition coefficient (Wildman–Crippen LogP) is 1.24. The molecule has 32 heavy (non-hydrogen) atoms. The lowest BCUT2D eigenvalue weighted by molar-refractivity contribution is 0.0824. The lowest BCUT2D eigenvalue weighted by Crippen LogP contribution is -2.32. The van der Waals surface area contributed by atoms with Crippen molar-refractivity contribution in [1.29, 1.82) is 0 Å². The SMILES string of the molecule is Cn1cnnc1-c1cc(F)ccc1CNC(=O)c1nc(C2CCOCC2)n(C)c(=O)c1O. The van der Waals surface area contributed by atoms with Crippen molar-refractivity contribution < 1.29 is 19.0 Å². The van der Waals surface area contributed by atoms with Gasteiger partial charge in [0.15, 0.2) is 11.5 Å². The van der Waals surface area contributed by atoms with Crippen LogP contribution in [-0.4, -0.2) is 48.5 Å². The summed E-state index contributed by atoms with van der Waals surface area (Å²) in [7, 11) is 3.25. The van der Waals surface area contributed by atoms with E-state index in [1.807, 2.05) is 0 Å². The van der Waals surface area contributed by atoms with E-state index in [1.165, 1.54) is 36.1 Å². The van der Waals surface area contributed by atoms with E-state index in [2.05, 4.69) is 20.5 Å². The third kappa shape index (κ3) is 4.11. The minimum atomic E-state index is -0.714. The van der Waals surface area contributed by atoms with Crippen LogP contribution >= 0.6 is 0 Å². The number of halogens is 1. The maximum atomic E-state index is 13.9. The highest BCUT2D eigenvalue weighted by molar-refractivity contribution is 5.94. The van der Waals surface area contributed by atoms with Crippen LogP contribution in [0.15, 0.2) is 29.3 Å². The molecule has 0 saturated carbocycles. The molecular weight excluding hydrogens is 419 g/mol. The Hall–Kier alpha value is -3.60. The number of aromatic hydroxyl groups is 1. The van der Waals surface area contributed by atoms with Crippen molar-refractivity contribution in [2.75, 3.05) is 13.2 Å². The zero-order valence-electron chi connectivity index (χ0n) is 17.7. The number of carbonyl (C=O) groups is 1. The summed E-state index contributed by atoms with van der Waals surface area (Å²) in [4.78, 5) is 29.7. The summed E-state index contributed by atoms with van der Waals surface area (Å²) >= 11 is 0. The molecule has 3 heterocycles. The first-order chi connectivity index (χ1) is 15.4. The van der Waals surface area contributed by atoms with E-state index < -0.39 is 23.0 Å². The summed E-state index contributed by atoms with van der Waals surface area (Å²) in [6.45, 7) is 1.08. The fraction of sp³-hybridized carbons (Fsp3) is 0.381. The van der Waals surface area contributed by atoms with E-state index in [1.54, 1.807) is 11.6 Å². The molecule has 0 aliphatic carbocycles. The molecule has 2 N–H and O–H groups in total. The molecule has 3 aromatic rings. The van der Waals surface area contributed by atoms with Crippen LogP contribution in [0.1, 0.15) is 40.6 Å². The monoisotopic (exact) mass is 442 g/mol. The number of hydrogen-bond acceptors (Lipinski definition) is 7. The van der Waals surface area contributed by atoms with Gasteiger partial charge in [0.25, 0.3) is 11.5 Å². The summed E-state index contributed by atoms with van der Waals surface area (Å²) in [6, 6.07) is 4.12. The number of nitrogens with zero attached hydrogens (tertiary/aromatic N) is 5. The van der Waals surface area contributed by atoms with Crippen molar-refractivity contribution in [3.05, 3.63) is 57.8 Å². The lowest BCUT2D eigenvalue weighted by atomic mass is 9.99. The Labute approximate surface area is 182 Å². The van der Waals surface area contributed by atoms with Gasteiger partial charge in [-0.05, 0) is 30.5 Å². The van der Waals surface area contributed by atoms with Crippen LogP contribution < -0.4 is 10.9 Å². The van der Waals surface area contributed by atoms with Crippen molar-refractivity contribution in [3.8, 4) is 17.1 Å². The number of amides is 1. The highest BCUT2D eigenvalue weighted by Gasteiger charge is 2.26. The molecule has 0 spiro atoms. The van der Waals surface area contributed by atoms with Gasteiger partial charge in [-0.1, -0.05) is 6.07 Å². The van der Waals surface area contributed by atoms with Crippen LogP contribution in [0.25, 0.3) is 11.4 Å². The normalized spacial score (nSPS) is 14.5. The van der Waals surface area contributed by atoms with Gasteiger partial charge in [-0.25, -0.2) is 9.37 Å². The van der Waals surface area contributed by atoms with E-state index >= 15 is 0 Å². The maximum Gasteiger partial charge on any atom is 0.296 e. The van der Waals surface area contributed by atoms with Crippen molar-refractivity contribution in [1.82, 2.24) is 29.6 Å². The van der Waals surface area contributed by atoms with Gasteiger partial charge in [0.05, 0.1) is 0 Å². The quantitative estimate of drug-likeness (QED) is 0.609. The number of nitrogens with one attached hydrogen (secondary N) is 1. The fourth-order valence-electron chi connectivity index (χ4n) is 3.78. The summed E-state index contributed by atoms with van der Waals surface area (Å²) in [6.07, 6.45) is 2.83. The highest BCUT2D eigenvalue weighted by atomic mass is 19.1. The first-order valence-electron chi connectivity index (χ1n) is 10.2. The molecule has 1 fully saturated rings. The molecule has 0 unspecified atom stereocenters. The zero-order chi connectivity index (χ0) is 22.8. The van der Waals surface area contributed by atoms with Crippen LogP contribution in [0.5, 0.6) is 5.75 Å². The first-order valence-corrected chi connectivity index (χ1v) is 10.2. The number of ether oxygens (including phenoxy) is 1. The molecule has 1 aliphatic heterocycles. The second-order valence-corrected chi connectivity index (χ2v) is 7.67. The minimum absolute atomic E-state index is 0.00420. The second-order valence-electron chi connectivity index (χ2n) is 7.67. The van der Waals surface area contributed by atoms with Gasteiger partial charge in [0.1, 0.15) is 18.0 Å². The molecule has 11 heteroatoms. The van der Waals surface area contributed by atoms with E-state index in [0.29, 0.717) is 48.8 Å². The van der Waals surface area contributed by atoms with Crippen molar-refractivity contribution >= 4 is 5.91 Å². The second kappa shape index (κ2) is 8.87. The standard InChI is InChI=1S/C21H23FN6O4/c1-27-11-24-26-19(27)15-9-14(22)4-3-13(15)10-23-20(30)16-17(29)21(31)28(2)18(25-16)12-5-7-32-8-6-12/h3-4,9,11-12,29H,5-8,10H2,1-2H3,(H,23,30). The summed E-state index contributed by atoms with van der Waals surface area (Å²) in [5.41, 5.74) is 0.0308. The maximum absolute atomic E-state index is 13.9. The first kappa shape index (κ1) is 21.6. The van der Waals surface area contributed by atoms with Gasteiger partial charge in [-0.3, -0.25) is 14.2 Å². The molecule has 0 radical (unpaired) electrons. The Morgan fingerprint density at radius 3 is 2.75 bits per heavy atom. The average Bonchev–Trinajstić information content (AvgIpc) is 3.23. The van der Waals surface area contributed by atoms with Crippen molar-refractivity contribution in [2.24, 2.45) is 14.1 Å². The molecule has 2 aromatic heterocycles. The van der Waals surface area contributed by atoms with Crippen LogP contribution in [0.3, 0.4) is 0 Å². The molecule has 1 saturated heterocycles. The van der Waals surface area contributed by atoms with Crippen LogP contribution in [0.2, 0.25) is 0 Å². The Bertz CT molecular complexity index is 1220. The Balaban J connectivity index is 1.61. The van der Waals surface area contributed by atoms with E-state index in [0.717, 1.165) is 0 Å². The van der Waals surface area contributed by atoms with E-state index in [-0.39, 0.29) is 18.2 Å². The van der Waals surface area contributed by atoms with Gasteiger partial charge in [-0.2, -0.15) is 0 Å².